The Morgan fingerprint density at radius 3 is 2.23 bits per heavy atom. The lowest BCUT2D eigenvalue weighted by Crippen LogP contribution is -2.10. The van der Waals surface area contributed by atoms with Crippen molar-refractivity contribution in [2.45, 2.75) is 60.4 Å². The molecule has 0 fully saturated rings. The van der Waals surface area contributed by atoms with Crippen LogP contribution in [0.5, 0.6) is 0 Å². The molecule has 1 aromatic heterocycles. The minimum Gasteiger partial charge on any atom is -0.300 e. The molecule has 0 radical (unpaired) electrons. The number of carbonyl (C=O) groups is 1. The van der Waals surface area contributed by atoms with Crippen molar-refractivity contribution in [1.82, 2.24) is 14.8 Å². The maximum absolute atomic E-state index is 12.2. The zero-order chi connectivity index (χ0) is 22.1. The minimum atomic E-state index is -0.341. The summed E-state index contributed by atoms with van der Waals surface area (Å²) in [5, 5.41) is 8.62. The van der Waals surface area contributed by atoms with Crippen LogP contribution >= 0.6 is 0 Å². The predicted molar refractivity (Wildman–Crippen MR) is 124 cm³/mol. The number of rotatable bonds is 4. The SMILES string of the molecule is CC.CC.CCC(=O)C[C@@H]1N=C(c2ccccc2)c2ccccc2-n2c(C)nnc21. The van der Waals surface area contributed by atoms with Gasteiger partial charge in [0, 0.05) is 24.0 Å². The summed E-state index contributed by atoms with van der Waals surface area (Å²) >= 11 is 0. The van der Waals surface area contributed by atoms with E-state index in [4.69, 9.17) is 4.99 Å². The van der Waals surface area contributed by atoms with E-state index in [2.05, 4.69) is 22.3 Å². The molecule has 0 amide bonds. The van der Waals surface area contributed by atoms with E-state index in [1.165, 1.54) is 0 Å². The molecule has 3 aromatic rings. The number of hydrogen-bond donors (Lipinski definition) is 0. The second-order valence-corrected chi connectivity index (χ2v) is 6.41. The third-order valence-electron chi connectivity index (χ3n) is 4.70. The zero-order valence-electron chi connectivity index (χ0n) is 18.9. The molecule has 4 rings (SSSR count). The van der Waals surface area contributed by atoms with E-state index >= 15 is 0 Å². The molecule has 5 heteroatoms. The molecule has 2 aromatic carbocycles. The van der Waals surface area contributed by atoms with E-state index in [0.717, 1.165) is 34.2 Å². The molecule has 5 nitrogen and oxygen atoms in total. The third kappa shape index (κ3) is 4.73. The summed E-state index contributed by atoms with van der Waals surface area (Å²) in [6.45, 7) is 11.8. The van der Waals surface area contributed by atoms with Crippen LogP contribution in [0.3, 0.4) is 0 Å². The molecule has 0 bridgehead atoms. The van der Waals surface area contributed by atoms with Crippen molar-refractivity contribution in [2.75, 3.05) is 0 Å². The average molecular weight is 405 g/mol. The van der Waals surface area contributed by atoms with Crippen LogP contribution < -0.4 is 0 Å². The van der Waals surface area contributed by atoms with Gasteiger partial charge in [-0.1, -0.05) is 83.1 Å². The van der Waals surface area contributed by atoms with Gasteiger partial charge in [-0.2, -0.15) is 0 Å². The van der Waals surface area contributed by atoms with Crippen molar-refractivity contribution in [2.24, 2.45) is 4.99 Å². The Bertz CT molecular complexity index is 989. The largest absolute Gasteiger partial charge is 0.300 e. The number of para-hydroxylation sites is 1. The second kappa shape index (κ2) is 11.2. The van der Waals surface area contributed by atoms with Gasteiger partial charge in [0.05, 0.1) is 11.4 Å². The fourth-order valence-corrected chi connectivity index (χ4v) is 3.37. The Kier molecular flexibility index (Phi) is 8.66. The monoisotopic (exact) mass is 404 g/mol. The Hall–Kier alpha value is -3.08. The number of aromatic nitrogens is 3. The number of aliphatic imine (C=N–C) groups is 1. The highest BCUT2D eigenvalue weighted by Gasteiger charge is 2.28. The first-order valence-corrected chi connectivity index (χ1v) is 10.9. The van der Waals surface area contributed by atoms with E-state index in [-0.39, 0.29) is 11.8 Å². The first-order chi connectivity index (χ1) is 14.7. The zero-order valence-corrected chi connectivity index (χ0v) is 18.9. The van der Waals surface area contributed by atoms with Crippen LogP contribution in [0.15, 0.2) is 59.6 Å². The molecule has 158 valence electrons. The number of Topliss-reactive ketones (excluding diaryl/α,β-unsaturated/α-hetero) is 1. The third-order valence-corrected chi connectivity index (χ3v) is 4.70. The van der Waals surface area contributed by atoms with E-state index < -0.39 is 0 Å². The van der Waals surface area contributed by atoms with Gasteiger partial charge in [0.25, 0.3) is 0 Å². The van der Waals surface area contributed by atoms with E-state index in [0.29, 0.717) is 12.8 Å². The quantitative estimate of drug-likeness (QED) is 0.545. The first kappa shape index (κ1) is 23.2. The van der Waals surface area contributed by atoms with Crippen molar-refractivity contribution >= 4 is 11.5 Å². The van der Waals surface area contributed by atoms with Gasteiger partial charge in [-0.25, -0.2) is 0 Å². The van der Waals surface area contributed by atoms with Gasteiger partial charge in [0.2, 0.25) is 0 Å². The standard InChI is InChI=1S/C21H20N4O.2C2H6/c1-3-16(26)13-18-21-24-23-14(2)25(21)19-12-8-7-11-17(19)20(22-18)15-9-5-4-6-10-15;2*1-2/h4-12,18H,3,13H2,1-2H3;2*1-2H3/t18-;;/m0../s1. The van der Waals surface area contributed by atoms with Gasteiger partial charge in [-0.05, 0) is 13.0 Å². The van der Waals surface area contributed by atoms with Gasteiger partial charge in [0.1, 0.15) is 17.6 Å². The molecule has 0 N–H and O–H groups in total. The molecule has 30 heavy (non-hydrogen) atoms. The summed E-state index contributed by atoms with van der Waals surface area (Å²) in [6.07, 6.45) is 0.825. The van der Waals surface area contributed by atoms with Crippen LogP contribution in [0.4, 0.5) is 0 Å². The molecular weight excluding hydrogens is 372 g/mol. The molecule has 1 atom stereocenters. The van der Waals surface area contributed by atoms with Gasteiger partial charge < -0.3 is 0 Å². The molecule has 0 saturated heterocycles. The molecule has 0 unspecified atom stereocenters. The highest BCUT2D eigenvalue weighted by Crippen LogP contribution is 2.32. The average Bonchev–Trinajstić information content (AvgIpc) is 3.14. The molecule has 2 heterocycles. The maximum Gasteiger partial charge on any atom is 0.162 e. The predicted octanol–water partition coefficient (Wildman–Crippen LogP) is 5.89. The number of ketones is 1. The number of hydrogen-bond acceptors (Lipinski definition) is 4. The smallest absolute Gasteiger partial charge is 0.162 e. The molecule has 0 aliphatic carbocycles. The highest BCUT2D eigenvalue weighted by molar-refractivity contribution is 6.15. The molecule has 1 aliphatic rings. The Morgan fingerprint density at radius 1 is 0.933 bits per heavy atom. The van der Waals surface area contributed by atoms with Crippen LogP contribution in [-0.2, 0) is 4.79 Å². The van der Waals surface area contributed by atoms with Crippen LogP contribution in [0.1, 0.15) is 76.3 Å². The fraction of sp³-hybridized carbons (Fsp3) is 0.360. The summed E-state index contributed by atoms with van der Waals surface area (Å²) in [4.78, 5) is 17.2. The summed E-state index contributed by atoms with van der Waals surface area (Å²) in [6, 6.07) is 17.9. The summed E-state index contributed by atoms with van der Waals surface area (Å²) < 4.78 is 2.03. The lowest BCUT2D eigenvalue weighted by Gasteiger charge is -2.12. The van der Waals surface area contributed by atoms with Gasteiger partial charge in [-0.15, -0.1) is 10.2 Å². The van der Waals surface area contributed by atoms with Crippen LogP contribution in [0, 0.1) is 6.92 Å². The Balaban J connectivity index is 0.000000757. The first-order valence-electron chi connectivity index (χ1n) is 10.9. The van der Waals surface area contributed by atoms with Gasteiger partial charge in [0.15, 0.2) is 5.82 Å². The topological polar surface area (TPSA) is 60.1 Å². The van der Waals surface area contributed by atoms with Crippen molar-refractivity contribution < 1.29 is 4.79 Å². The highest BCUT2D eigenvalue weighted by atomic mass is 16.1. The maximum atomic E-state index is 12.2. The Labute approximate surface area is 179 Å². The lowest BCUT2D eigenvalue weighted by atomic mass is 10.0. The molecule has 0 spiro atoms. The van der Waals surface area contributed by atoms with Gasteiger partial charge >= 0.3 is 0 Å². The number of aryl methyl sites for hydroxylation is 1. The van der Waals surface area contributed by atoms with Crippen molar-refractivity contribution in [1.29, 1.82) is 0 Å². The summed E-state index contributed by atoms with van der Waals surface area (Å²) in [5.41, 5.74) is 3.94. The van der Waals surface area contributed by atoms with E-state index in [1.807, 2.05) is 88.6 Å². The number of fused-ring (bicyclic) bond motifs is 3. The van der Waals surface area contributed by atoms with Crippen molar-refractivity contribution in [3.05, 3.63) is 77.4 Å². The van der Waals surface area contributed by atoms with Crippen LogP contribution in [-0.4, -0.2) is 26.3 Å². The fourth-order valence-electron chi connectivity index (χ4n) is 3.37. The van der Waals surface area contributed by atoms with Crippen molar-refractivity contribution in [3.8, 4) is 5.69 Å². The summed E-state index contributed by atoms with van der Waals surface area (Å²) in [5.74, 6) is 1.69. The molecular formula is C25H32N4O. The number of carbonyl (C=O) groups excluding carboxylic acids is 1. The molecule has 0 saturated carbocycles. The Morgan fingerprint density at radius 2 is 1.57 bits per heavy atom. The summed E-state index contributed by atoms with van der Waals surface area (Å²) in [7, 11) is 0. The number of nitrogens with zero attached hydrogens (tertiary/aromatic N) is 4. The van der Waals surface area contributed by atoms with Crippen molar-refractivity contribution in [3.63, 3.8) is 0 Å². The second-order valence-electron chi connectivity index (χ2n) is 6.41. The van der Waals surface area contributed by atoms with Crippen LogP contribution in [0.25, 0.3) is 5.69 Å². The molecule has 1 aliphatic heterocycles. The normalized spacial score (nSPS) is 13.9. The minimum absolute atomic E-state index is 0.171. The van der Waals surface area contributed by atoms with E-state index in [1.54, 1.807) is 0 Å². The van der Waals surface area contributed by atoms with Crippen LogP contribution in [0.2, 0.25) is 0 Å². The van der Waals surface area contributed by atoms with Gasteiger partial charge in [-0.3, -0.25) is 14.4 Å². The lowest BCUT2D eigenvalue weighted by molar-refractivity contribution is -0.119. The van der Waals surface area contributed by atoms with E-state index in [9.17, 15) is 4.79 Å². The number of benzene rings is 2.